The standard InChI is InChI=1S/C9H18/c1-6-9(5,7-2)8(3)4/h3,6-7H2,1-2,4-5H3. The van der Waals surface area contributed by atoms with Crippen LogP contribution in [0.5, 0.6) is 0 Å². The number of allylic oxidation sites excluding steroid dienone is 1. The molecule has 54 valence electrons. The molecule has 0 bridgehead atoms. The zero-order chi connectivity index (χ0) is 7.49. The van der Waals surface area contributed by atoms with Crippen molar-refractivity contribution in [3.05, 3.63) is 12.2 Å². The Kier molecular flexibility index (Phi) is 2.96. The van der Waals surface area contributed by atoms with Crippen molar-refractivity contribution in [1.82, 2.24) is 0 Å². The molecular weight excluding hydrogens is 108 g/mol. The van der Waals surface area contributed by atoms with Crippen molar-refractivity contribution in [1.29, 1.82) is 0 Å². The third kappa shape index (κ3) is 1.85. The summed E-state index contributed by atoms with van der Waals surface area (Å²) < 4.78 is 0. The van der Waals surface area contributed by atoms with Crippen LogP contribution < -0.4 is 0 Å². The first kappa shape index (κ1) is 8.74. The zero-order valence-electron chi connectivity index (χ0n) is 7.12. The first-order valence-electron chi connectivity index (χ1n) is 3.72. The van der Waals surface area contributed by atoms with Gasteiger partial charge in [-0.3, -0.25) is 0 Å². The van der Waals surface area contributed by atoms with Gasteiger partial charge in [-0.1, -0.05) is 32.9 Å². The van der Waals surface area contributed by atoms with Gasteiger partial charge in [0.15, 0.2) is 0 Å². The van der Waals surface area contributed by atoms with E-state index in [2.05, 4.69) is 34.3 Å². The lowest BCUT2D eigenvalue weighted by molar-refractivity contribution is 0.369. The molecule has 0 atom stereocenters. The van der Waals surface area contributed by atoms with E-state index in [-0.39, 0.29) is 0 Å². The molecule has 0 rings (SSSR count). The van der Waals surface area contributed by atoms with E-state index in [9.17, 15) is 0 Å². The molecule has 0 aliphatic carbocycles. The minimum absolute atomic E-state index is 0.389. The van der Waals surface area contributed by atoms with Crippen molar-refractivity contribution in [2.75, 3.05) is 0 Å². The second kappa shape index (κ2) is 3.05. The molecule has 0 aromatic rings. The summed E-state index contributed by atoms with van der Waals surface area (Å²) in [5.41, 5.74) is 1.70. The molecule has 0 N–H and O–H groups in total. The zero-order valence-corrected chi connectivity index (χ0v) is 7.12. The molecule has 0 aromatic heterocycles. The highest BCUT2D eigenvalue weighted by Gasteiger charge is 2.19. The van der Waals surface area contributed by atoms with E-state index < -0.39 is 0 Å². The third-order valence-electron chi connectivity index (χ3n) is 2.59. The summed E-state index contributed by atoms with van der Waals surface area (Å²) in [6, 6.07) is 0. The highest BCUT2D eigenvalue weighted by atomic mass is 14.2. The first-order valence-corrected chi connectivity index (χ1v) is 3.72. The number of rotatable bonds is 3. The van der Waals surface area contributed by atoms with Gasteiger partial charge in [-0.05, 0) is 25.2 Å². The van der Waals surface area contributed by atoms with E-state index >= 15 is 0 Å². The van der Waals surface area contributed by atoms with Crippen molar-refractivity contribution >= 4 is 0 Å². The van der Waals surface area contributed by atoms with Crippen LogP contribution in [0.15, 0.2) is 12.2 Å². The predicted molar refractivity (Wildman–Crippen MR) is 43.5 cm³/mol. The van der Waals surface area contributed by atoms with Gasteiger partial charge in [0.05, 0.1) is 0 Å². The maximum absolute atomic E-state index is 3.97. The lowest BCUT2D eigenvalue weighted by Gasteiger charge is -2.26. The van der Waals surface area contributed by atoms with Crippen LogP contribution in [0.3, 0.4) is 0 Å². The number of hydrogen-bond donors (Lipinski definition) is 0. The molecule has 0 saturated carbocycles. The lowest BCUT2D eigenvalue weighted by Crippen LogP contribution is -2.13. The highest BCUT2D eigenvalue weighted by molar-refractivity contribution is 5.03. The second-order valence-corrected chi connectivity index (χ2v) is 3.05. The topological polar surface area (TPSA) is 0 Å². The summed E-state index contributed by atoms with van der Waals surface area (Å²) in [6.45, 7) is 12.8. The lowest BCUT2D eigenvalue weighted by atomic mass is 9.79. The van der Waals surface area contributed by atoms with E-state index in [1.807, 2.05) is 0 Å². The van der Waals surface area contributed by atoms with E-state index in [0.29, 0.717) is 5.41 Å². The van der Waals surface area contributed by atoms with E-state index in [0.717, 1.165) is 0 Å². The summed E-state index contributed by atoms with van der Waals surface area (Å²) in [5.74, 6) is 0. The van der Waals surface area contributed by atoms with Gasteiger partial charge in [-0.2, -0.15) is 0 Å². The van der Waals surface area contributed by atoms with Gasteiger partial charge in [0.25, 0.3) is 0 Å². The van der Waals surface area contributed by atoms with Gasteiger partial charge in [0.1, 0.15) is 0 Å². The van der Waals surface area contributed by atoms with Crippen LogP contribution in [0, 0.1) is 5.41 Å². The molecular formula is C9H18. The monoisotopic (exact) mass is 126 g/mol. The molecule has 9 heavy (non-hydrogen) atoms. The molecule has 0 unspecified atom stereocenters. The quantitative estimate of drug-likeness (QED) is 0.508. The fourth-order valence-corrected chi connectivity index (χ4v) is 0.854. The maximum atomic E-state index is 3.97. The summed E-state index contributed by atoms with van der Waals surface area (Å²) in [4.78, 5) is 0. The van der Waals surface area contributed by atoms with Crippen molar-refractivity contribution in [3.8, 4) is 0 Å². The van der Waals surface area contributed by atoms with Crippen LogP contribution in [0.25, 0.3) is 0 Å². The molecule has 0 saturated heterocycles. The van der Waals surface area contributed by atoms with Crippen LogP contribution in [0.1, 0.15) is 40.5 Å². The number of hydrogen-bond acceptors (Lipinski definition) is 0. The van der Waals surface area contributed by atoms with Gasteiger partial charge >= 0.3 is 0 Å². The Morgan fingerprint density at radius 1 is 1.33 bits per heavy atom. The second-order valence-electron chi connectivity index (χ2n) is 3.05. The molecule has 0 aromatic carbocycles. The largest absolute Gasteiger partial charge is 0.0996 e. The molecule has 0 radical (unpaired) electrons. The average Bonchev–Trinajstić information content (AvgIpc) is 1.86. The fourth-order valence-electron chi connectivity index (χ4n) is 0.854. The van der Waals surface area contributed by atoms with E-state index in [1.165, 1.54) is 18.4 Å². The van der Waals surface area contributed by atoms with Crippen molar-refractivity contribution < 1.29 is 0 Å². The smallest absolute Gasteiger partial charge is 0.0127 e. The molecule has 0 fully saturated rings. The van der Waals surface area contributed by atoms with Gasteiger partial charge in [-0.25, -0.2) is 0 Å². The molecule has 0 nitrogen and oxygen atoms in total. The SMILES string of the molecule is C=C(C)C(C)(CC)CC. The highest BCUT2D eigenvalue weighted by Crippen LogP contribution is 2.32. The van der Waals surface area contributed by atoms with Gasteiger partial charge in [0, 0.05) is 0 Å². The van der Waals surface area contributed by atoms with Crippen molar-refractivity contribution in [3.63, 3.8) is 0 Å². The summed E-state index contributed by atoms with van der Waals surface area (Å²) >= 11 is 0. The Morgan fingerprint density at radius 2 is 1.67 bits per heavy atom. The molecule has 0 heteroatoms. The Bertz CT molecular complexity index is 96.6. The Hall–Kier alpha value is -0.260. The molecule has 0 heterocycles. The van der Waals surface area contributed by atoms with Gasteiger partial charge < -0.3 is 0 Å². The molecule has 0 aliphatic rings. The van der Waals surface area contributed by atoms with Crippen LogP contribution in [-0.4, -0.2) is 0 Å². The van der Waals surface area contributed by atoms with Crippen LogP contribution in [0.4, 0.5) is 0 Å². The van der Waals surface area contributed by atoms with Gasteiger partial charge in [-0.15, -0.1) is 0 Å². The maximum Gasteiger partial charge on any atom is -0.0127 e. The molecule has 0 amide bonds. The van der Waals surface area contributed by atoms with Crippen LogP contribution in [-0.2, 0) is 0 Å². The van der Waals surface area contributed by atoms with Crippen molar-refractivity contribution in [2.24, 2.45) is 5.41 Å². The Balaban J connectivity index is 4.09. The first-order chi connectivity index (χ1) is 4.06. The summed E-state index contributed by atoms with van der Waals surface area (Å²) in [5, 5.41) is 0. The molecule has 0 spiro atoms. The van der Waals surface area contributed by atoms with E-state index in [4.69, 9.17) is 0 Å². The Labute approximate surface area is 59.0 Å². The average molecular weight is 126 g/mol. The van der Waals surface area contributed by atoms with E-state index in [1.54, 1.807) is 0 Å². The molecule has 0 aliphatic heterocycles. The Morgan fingerprint density at radius 3 is 1.67 bits per heavy atom. The minimum Gasteiger partial charge on any atom is -0.0996 e. The van der Waals surface area contributed by atoms with Crippen molar-refractivity contribution in [2.45, 2.75) is 40.5 Å². The van der Waals surface area contributed by atoms with Crippen LogP contribution in [0.2, 0.25) is 0 Å². The minimum atomic E-state index is 0.389. The van der Waals surface area contributed by atoms with Gasteiger partial charge in [0.2, 0.25) is 0 Å². The summed E-state index contributed by atoms with van der Waals surface area (Å²) in [7, 11) is 0. The fraction of sp³-hybridized carbons (Fsp3) is 0.778. The van der Waals surface area contributed by atoms with Crippen LogP contribution >= 0.6 is 0 Å². The third-order valence-corrected chi connectivity index (χ3v) is 2.59. The summed E-state index contributed by atoms with van der Waals surface area (Å²) in [6.07, 6.45) is 2.41. The normalized spacial score (nSPS) is 11.6. The predicted octanol–water partition coefficient (Wildman–Crippen LogP) is 3.39.